The molecule has 2 heterocycles. The lowest BCUT2D eigenvalue weighted by Gasteiger charge is -2.32. The molecule has 1 aliphatic rings. The molecule has 13 nitrogen and oxygen atoms in total. The van der Waals surface area contributed by atoms with E-state index in [1.54, 1.807) is 44.2 Å². The third-order valence-corrected chi connectivity index (χ3v) is 8.12. The SMILES string of the molecule is CC(C)OC(=O)C(C)NP(=O)(OCC1(C(F)F)OC(n2cc(F)c(N)nc2=O)C(O)C1O)Oc1ccc2ccccc2c1. The quantitative estimate of drug-likeness (QED) is 0.180. The van der Waals surface area contributed by atoms with Crippen LogP contribution in [0.1, 0.15) is 27.0 Å². The van der Waals surface area contributed by atoms with E-state index in [2.05, 4.69) is 10.1 Å². The fraction of sp³-hybridized carbons (Fsp3) is 0.423. The topological polar surface area (TPSA) is 184 Å². The smallest absolute Gasteiger partial charge is 0.459 e. The van der Waals surface area contributed by atoms with E-state index in [0.717, 1.165) is 5.39 Å². The number of hydrogen-bond donors (Lipinski definition) is 4. The van der Waals surface area contributed by atoms with Crippen molar-refractivity contribution in [2.24, 2.45) is 0 Å². The van der Waals surface area contributed by atoms with Crippen molar-refractivity contribution in [1.29, 1.82) is 0 Å². The molecule has 0 spiro atoms. The minimum absolute atomic E-state index is 0.0363. The van der Waals surface area contributed by atoms with E-state index < -0.39 is 80.3 Å². The Bertz CT molecular complexity index is 1590. The number of carbonyl (C=O) groups excluding carboxylic acids is 1. The van der Waals surface area contributed by atoms with Crippen molar-refractivity contribution in [3.05, 3.63) is 65.0 Å². The van der Waals surface area contributed by atoms with E-state index in [-0.39, 0.29) is 5.75 Å². The first-order valence-corrected chi connectivity index (χ1v) is 14.5. The van der Waals surface area contributed by atoms with Gasteiger partial charge in [-0.05, 0) is 43.7 Å². The van der Waals surface area contributed by atoms with Crippen molar-refractivity contribution in [1.82, 2.24) is 14.6 Å². The van der Waals surface area contributed by atoms with Gasteiger partial charge >= 0.3 is 19.4 Å². The highest BCUT2D eigenvalue weighted by atomic mass is 31.2. The first-order chi connectivity index (χ1) is 20.2. The number of nitrogens with two attached hydrogens (primary N) is 1. The number of carbonyl (C=O) groups is 1. The summed E-state index contributed by atoms with van der Waals surface area (Å²) in [6, 6.07) is 10.3. The standard InChI is InChI=1S/C26H30F3N4O9P/c1-13(2)40-23(36)14(3)32-43(38,42-17-9-8-15-6-4-5-7-16(15)10-17)39-12-26(24(28)29)20(35)19(34)22(41-26)33-11-18(27)21(30)31-25(33)37/h4-11,13-14,19-20,22,24,34-35H,12H2,1-3H3,(H,32,38)(H2,30,31,37). The summed E-state index contributed by atoms with van der Waals surface area (Å²) in [6.07, 6.45) is -10.5. The number of anilines is 1. The maximum atomic E-state index is 14.6. The number of rotatable bonds is 11. The molecule has 0 bridgehead atoms. The number of benzene rings is 2. The van der Waals surface area contributed by atoms with Crippen LogP contribution >= 0.6 is 7.75 Å². The van der Waals surface area contributed by atoms with Gasteiger partial charge in [0.2, 0.25) is 0 Å². The van der Waals surface area contributed by atoms with Crippen molar-refractivity contribution in [2.45, 2.75) is 63.4 Å². The molecule has 43 heavy (non-hydrogen) atoms. The Labute approximate surface area is 242 Å². The number of halogens is 3. The largest absolute Gasteiger partial charge is 0.462 e. The van der Waals surface area contributed by atoms with Crippen molar-refractivity contribution in [3.8, 4) is 5.75 Å². The van der Waals surface area contributed by atoms with Crippen LogP contribution in [-0.2, 0) is 23.4 Å². The molecule has 1 fully saturated rings. The number of aromatic nitrogens is 2. The van der Waals surface area contributed by atoms with Crippen LogP contribution in [0.15, 0.2) is 53.5 Å². The molecule has 234 valence electrons. The second kappa shape index (κ2) is 12.6. The zero-order valence-corrected chi connectivity index (χ0v) is 24.0. The van der Waals surface area contributed by atoms with Gasteiger partial charge in [0.1, 0.15) is 24.0 Å². The molecular formula is C26H30F3N4O9P. The van der Waals surface area contributed by atoms with Crippen molar-refractivity contribution < 1.29 is 51.3 Å². The fourth-order valence-corrected chi connectivity index (χ4v) is 5.82. The molecule has 0 saturated carbocycles. The van der Waals surface area contributed by atoms with Gasteiger partial charge < -0.3 is 29.9 Å². The van der Waals surface area contributed by atoms with Gasteiger partial charge in [-0.15, -0.1) is 0 Å². The average Bonchev–Trinajstić information content (AvgIpc) is 3.19. The molecule has 4 rings (SSSR count). The van der Waals surface area contributed by atoms with Crippen LogP contribution in [0.4, 0.5) is 19.0 Å². The van der Waals surface area contributed by atoms with E-state index in [1.807, 2.05) is 0 Å². The number of ether oxygens (including phenoxy) is 2. The van der Waals surface area contributed by atoms with Crippen LogP contribution in [0, 0.1) is 5.82 Å². The van der Waals surface area contributed by atoms with E-state index in [1.165, 1.54) is 19.1 Å². The zero-order valence-electron chi connectivity index (χ0n) is 23.1. The van der Waals surface area contributed by atoms with Gasteiger partial charge in [-0.25, -0.2) is 22.5 Å². The summed E-state index contributed by atoms with van der Waals surface area (Å²) in [5.74, 6) is -2.92. The summed E-state index contributed by atoms with van der Waals surface area (Å²) in [4.78, 5) is 27.9. The number of esters is 1. The molecule has 2 aromatic carbocycles. The third-order valence-electron chi connectivity index (χ3n) is 6.50. The molecule has 1 aliphatic heterocycles. The van der Waals surface area contributed by atoms with Gasteiger partial charge in [-0.3, -0.25) is 13.9 Å². The Morgan fingerprint density at radius 3 is 2.53 bits per heavy atom. The maximum absolute atomic E-state index is 14.6. The minimum Gasteiger partial charge on any atom is -0.462 e. The van der Waals surface area contributed by atoms with E-state index >= 15 is 0 Å². The Kier molecular flexibility index (Phi) is 9.49. The first-order valence-electron chi connectivity index (χ1n) is 12.9. The van der Waals surface area contributed by atoms with Gasteiger partial charge in [0.15, 0.2) is 23.5 Å². The number of aliphatic hydroxyl groups excluding tert-OH is 2. The highest BCUT2D eigenvalue weighted by Crippen LogP contribution is 2.49. The summed E-state index contributed by atoms with van der Waals surface area (Å²) in [5.41, 5.74) is 0.861. The van der Waals surface area contributed by atoms with Crippen molar-refractivity contribution in [3.63, 3.8) is 0 Å². The predicted octanol–water partition coefficient (Wildman–Crippen LogP) is 2.51. The van der Waals surface area contributed by atoms with Crippen LogP contribution in [0.2, 0.25) is 0 Å². The Hall–Kier alpha value is -3.53. The van der Waals surface area contributed by atoms with Crippen LogP contribution < -0.4 is 21.0 Å². The second-order valence-corrected chi connectivity index (χ2v) is 11.8. The summed E-state index contributed by atoms with van der Waals surface area (Å²) in [6.45, 7) is 3.02. The van der Waals surface area contributed by atoms with Gasteiger partial charge in [-0.2, -0.15) is 10.1 Å². The first kappa shape index (κ1) is 32.4. The summed E-state index contributed by atoms with van der Waals surface area (Å²) in [5, 5.41) is 25.0. The van der Waals surface area contributed by atoms with E-state index in [4.69, 9.17) is 24.3 Å². The number of nitrogens with one attached hydrogen (secondary N) is 1. The van der Waals surface area contributed by atoms with Gasteiger partial charge in [0, 0.05) is 0 Å². The predicted molar refractivity (Wildman–Crippen MR) is 146 cm³/mol. The van der Waals surface area contributed by atoms with Crippen LogP contribution in [0.25, 0.3) is 10.8 Å². The maximum Gasteiger partial charge on any atom is 0.459 e. The summed E-state index contributed by atoms with van der Waals surface area (Å²) in [7, 11) is -4.78. The number of aliphatic hydroxyl groups is 2. The molecule has 3 aromatic rings. The van der Waals surface area contributed by atoms with Crippen molar-refractivity contribution >= 4 is 30.3 Å². The highest BCUT2D eigenvalue weighted by Gasteiger charge is 2.61. The lowest BCUT2D eigenvalue weighted by atomic mass is 9.96. The monoisotopic (exact) mass is 630 g/mol. The highest BCUT2D eigenvalue weighted by molar-refractivity contribution is 7.52. The van der Waals surface area contributed by atoms with Gasteiger partial charge in [0.25, 0.3) is 6.43 Å². The molecule has 17 heteroatoms. The second-order valence-electron chi connectivity index (χ2n) is 10.1. The number of fused-ring (bicyclic) bond motifs is 1. The third kappa shape index (κ3) is 6.84. The minimum atomic E-state index is -4.78. The Balaban J connectivity index is 1.66. The van der Waals surface area contributed by atoms with Gasteiger partial charge in [-0.1, -0.05) is 30.3 Å². The number of nitrogen functional groups attached to an aromatic ring is 1. The van der Waals surface area contributed by atoms with Crippen LogP contribution in [0.3, 0.4) is 0 Å². The molecule has 1 aromatic heterocycles. The van der Waals surface area contributed by atoms with Gasteiger partial charge in [0.05, 0.1) is 18.9 Å². The van der Waals surface area contributed by atoms with E-state index in [0.29, 0.717) is 16.2 Å². The van der Waals surface area contributed by atoms with E-state index in [9.17, 15) is 37.5 Å². The lowest BCUT2D eigenvalue weighted by molar-refractivity contribution is -0.193. The molecule has 1 saturated heterocycles. The Morgan fingerprint density at radius 2 is 1.88 bits per heavy atom. The molecule has 0 amide bonds. The van der Waals surface area contributed by atoms with Crippen LogP contribution in [0.5, 0.6) is 5.75 Å². The lowest BCUT2D eigenvalue weighted by Crippen LogP contribution is -2.53. The molecule has 0 radical (unpaired) electrons. The fourth-order valence-electron chi connectivity index (χ4n) is 4.30. The molecule has 6 unspecified atom stereocenters. The number of alkyl halides is 2. The Morgan fingerprint density at radius 1 is 1.21 bits per heavy atom. The molecule has 6 atom stereocenters. The average molecular weight is 631 g/mol. The molecular weight excluding hydrogens is 600 g/mol. The summed E-state index contributed by atoms with van der Waals surface area (Å²) >= 11 is 0. The van der Waals surface area contributed by atoms with Crippen molar-refractivity contribution in [2.75, 3.05) is 12.3 Å². The number of nitrogens with zero attached hydrogens (tertiary/aromatic N) is 2. The summed E-state index contributed by atoms with van der Waals surface area (Å²) < 4.78 is 78.7. The molecule has 5 N–H and O–H groups in total. The molecule has 0 aliphatic carbocycles. The zero-order chi connectivity index (χ0) is 31.7. The van der Waals surface area contributed by atoms with Crippen LogP contribution in [-0.4, -0.2) is 68.7 Å². The number of hydrogen-bond acceptors (Lipinski definition) is 11. The normalized spacial score (nSPS) is 24.3.